The van der Waals surface area contributed by atoms with Gasteiger partial charge in [0, 0.05) is 0 Å². The van der Waals surface area contributed by atoms with Crippen molar-refractivity contribution in [1.82, 2.24) is 5.32 Å². The molecule has 2 rings (SSSR count). The van der Waals surface area contributed by atoms with Crippen LogP contribution in [0.15, 0.2) is 24.3 Å². The highest BCUT2D eigenvalue weighted by molar-refractivity contribution is 6.34. The van der Waals surface area contributed by atoms with Crippen molar-refractivity contribution in [3.63, 3.8) is 0 Å². The molecule has 0 aliphatic carbocycles. The number of rotatable bonds is 2. The van der Waals surface area contributed by atoms with Crippen molar-refractivity contribution in [2.45, 2.75) is 13.8 Å². The lowest BCUT2D eigenvalue weighted by molar-refractivity contribution is -0.140. The Bertz CT molecular complexity index is 594. The quantitative estimate of drug-likeness (QED) is 0.796. The normalized spacial score (nSPS) is 19.4. The summed E-state index contributed by atoms with van der Waals surface area (Å²) in [5.74, 6) is -3.73. The molecule has 1 N–H and O–H groups in total. The van der Waals surface area contributed by atoms with Crippen molar-refractivity contribution in [1.29, 1.82) is 0 Å². The van der Waals surface area contributed by atoms with Crippen LogP contribution in [0.4, 0.5) is 10.5 Å². The maximum atomic E-state index is 12.2. The number of anilines is 1. The number of imide groups is 2. The lowest BCUT2D eigenvalue weighted by Crippen LogP contribution is -2.60. The Hall–Kier alpha value is -2.50. The first-order chi connectivity index (χ1) is 8.93. The fourth-order valence-corrected chi connectivity index (χ4v) is 1.98. The molecule has 0 spiro atoms. The van der Waals surface area contributed by atoms with E-state index < -0.39 is 29.5 Å². The van der Waals surface area contributed by atoms with Crippen LogP contribution in [0, 0.1) is 12.8 Å². The summed E-state index contributed by atoms with van der Waals surface area (Å²) in [5, 5.41) is 2.02. The van der Waals surface area contributed by atoms with Gasteiger partial charge >= 0.3 is 6.03 Å². The summed E-state index contributed by atoms with van der Waals surface area (Å²) in [7, 11) is 0. The Morgan fingerprint density at radius 2 is 1.84 bits per heavy atom. The van der Waals surface area contributed by atoms with Crippen molar-refractivity contribution in [3.05, 3.63) is 29.8 Å². The Labute approximate surface area is 109 Å². The second-order valence-corrected chi connectivity index (χ2v) is 4.30. The molecule has 19 heavy (non-hydrogen) atoms. The number of carbonyl (C=O) groups is 4. The number of barbiturate groups is 1. The summed E-state index contributed by atoms with van der Waals surface area (Å²) >= 11 is 0. The highest BCUT2D eigenvalue weighted by Crippen LogP contribution is 2.24. The van der Waals surface area contributed by atoms with Crippen LogP contribution in [0.2, 0.25) is 0 Å². The predicted molar refractivity (Wildman–Crippen MR) is 66.4 cm³/mol. The summed E-state index contributed by atoms with van der Waals surface area (Å²) in [6, 6.07) is 5.91. The Balaban J connectivity index is 2.48. The molecule has 0 radical (unpaired) electrons. The summed E-state index contributed by atoms with van der Waals surface area (Å²) in [6.45, 7) is 2.88. The van der Waals surface area contributed by atoms with Gasteiger partial charge in [-0.25, -0.2) is 9.69 Å². The number of nitrogens with one attached hydrogen (secondary N) is 1. The van der Waals surface area contributed by atoms with Gasteiger partial charge in [-0.1, -0.05) is 18.2 Å². The van der Waals surface area contributed by atoms with Crippen LogP contribution in [-0.4, -0.2) is 23.6 Å². The van der Waals surface area contributed by atoms with Gasteiger partial charge in [0.25, 0.3) is 5.91 Å². The second-order valence-electron chi connectivity index (χ2n) is 4.30. The van der Waals surface area contributed by atoms with Crippen LogP contribution in [-0.2, 0) is 14.4 Å². The number of hydrogen-bond donors (Lipinski definition) is 1. The van der Waals surface area contributed by atoms with E-state index in [4.69, 9.17) is 0 Å². The first-order valence-corrected chi connectivity index (χ1v) is 5.68. The van der Waals surface area contributed by atoms with Crippen LogP contribution in [0.1, 0.15) is 12.5 Å². The number of urea groups is 1. The molecule has 98 valence electrons. The number of hydrogen-bond acceptors (Lipinski definition) is 4. The zero-order valence-corrected chi connectivity index (χ0v) is 10.5. The fraction of sp³-hybridized carbons (Fsp3) is 0.231. The van der Waals surface area contributed by atoms with Gasteiger partial charge in [-0.3, -0.25) is 19.7 Å². The summed E-state index contributed by atoms with van der Waals surface area (Å²) in [6.07, 6.45) is 0. The minimum absolute atomic E-state index is 0.365. The molecule has 1 saturated heterocycles. The molecular weight excluding hydrogens is 248 g/mol. The number of amides is 4. The van der Waals surface area contributed by atoms with E-state index in [0.29, 0.717) is 11.3 Å². The maximum Gasteiger partial charge on any atom is 0.335 e. The van der Waals surface area contributed by atoms with Crippen LogP contribution < -0.4 is 10.2 Å². The molecule has 0 aromatic heterocycles. The van der Waals surface area contributed by atoms with E-state index in [2.05, 4.69) is 0 Å². The van der Waals surface area contributed by atoms with Gasteiger partial charge in [-0.15, -0.1) is 0 Å². The maximum absolute atomic E-state index is 12.2. The molecule has 1 heterocycles. The molecule has 1 aliphatic heterocycles. The molecule has 1 aromatic carbocycles. The van der Waals surface area contributed by atoms with Crippen LogP contribution in [0.3, 0.4) is 0 Å². The van der Waals surface area contributed by atoms with Crippen LogP contribution in [0.25, 0.3) is 0 Å². The number of aryl methyl sites for hydroxylation is 1. The average molecular weight is 260 g/mol. The molecule has 1 fully saturated rings. The second kappa shape index (κ2) is 4.64. The molecule has 1 atom stereocenters. The molecule has 0 bridgehead atoms. The molecule has 1 aliphatic rings. The topological polar surface area (TPSA) is 83.6 Å². The molecule has 1 aromatic rings. The number of ketones is 1. The van der Waals surface area contributed by atoms with Crippen molar-refractivity contribution in [2.75, 3.05) is 4.90 Å². The molecule has 6 nitrogen and oxygen atoms in total. The number of para-hydroxylation sites is 1. The van der Waals surface area contributed by atoms with Gasteiger partial charge in [0.2, 0.25) is 5.91 Å². The minimum Gasteiger partial charge on any atom is -0.299 e. The largest absolute Gasteiger partial charge is 0.335 e. The zero-order chi connectivity index (χ0) is 14.2. The first-order valence-electron chi connectivity index (χ1n) is 5.68. The van der Waals surface area contributed by atoms with Crippen molar-refractivity contribution >= 4 is 29.3 Å². The van der Waals surface area contributed by atoms with E-state index >= 15 is 0 Å². The number of benzene rings is 1. The molecule has 6 heteroatoms. The lowest BCUT2D eigenvalue weighted by atomic mass is 9.99. The molecule has 4 amide bonds. The zero-order valence-electron chi connectivity index (χ0n) is 10.5. The van der Waals surface area contributed by atoms with Gasteiger partial charge in [0.05, 0.1) is 5.69 Å². The van der Waals surface area contributed by atoms with E-state index in [1.54, 1.807) is 31.2 Å². The number of nitrogens with zero attached hydrogens (tertiary/aromatic N) is 1. The Morgan fingerprint density at radius 1 is 1.21 bits per heavy atom. The van der Waals surface area contributed by atoms with Crippen LogP contribution in [0.5, 0.6) is 0 Å². The third-order valence-corrected chi connectivity index (χ3v) is 2.93. The smallest absolute Gasteiger partial charge is 0.299 e. The van der Waals surface area contributed by atoms with Crippen molar-refractivity contribution in [2.24, 2.45) is 5.92 Å². The highest BCUT2D eigenvalue weighted by atomic mass is 16.2. The lowest BCUT2D eigenvalue weighted by Gasteiger charge is -2.29. The third-order valence-electron chi connectivity index (χ3n) is 2.93. The van der Waals surface area contributed by atoms with E-state index in [1.807, 2.05) is 5.32 Å². The standard InChI is InChI=1S/C13H12N2O4/c1-7-5-3-4-6-9(7)15-12(18)10(8(2)16)11(17)14-13(15)19/h3-6,10H,1-2H3,(H,14,17,19)/t10-/m0/s1. The SMILES string of the molecule is CC(=O)[C@H]1C(=O)NC(=O)N(c2ccccc2C)C1=O. The van der Waals surface area contributed by atoms with Crippen molar-refractivity contribution in [3.8, 4) is 0 Å². The van der Waals surface area contributed by atoms with Gasteiger partial charge in [0.1, 0.15) is 0 Å². The predicted octanol–water partition coefficient (Wildman–Crippen LogP) is 0.783. The van der Waals surface area contributed by atoms with E-state index in [1.165, 1.54) is 0 Å². The number of carbonyl (C=O) groups excluding carboxylic acids is 4. The first kappa shape index (κ1) is 12.9. The van der Waals surface area contributed by atoms with Gasteiger partial charge in [-0.2, -0.15) is 0 Å². The van der Waals surface area contributed by atoms with E-state index in [9.17, 15) is 19.2 Å². The Kier molecular flexibility index (Phi) is 3.16. The Morgan fingerprint density at radius 3 is 2.42 bits per heavy atom. The van der Waals surface area contributed by atoms with Crippen molar-refractivity contribution < 1.29 is 19.2 Å². The fourth-order valence-electron chi connectivity index (χ4n) is 1.98. The molecule has 0 unspecified atom stereocenters. The molecular formula is C13H12N2O4. The number of Topliss-reactive ketones (excluding diaryl/α,β-unsaturated/α-hetero) is 1. The summed E-state index contributed by atoms with van der Waals surface area (Å²) < 4.78 is 0. The monoisotopic (exact) mass is 260 g/mol. The van der Waals surface area contributed by atoms with Gasteiger partial charge in [-0.05, 0) is 25.5 Å². The summed E-state index contributed by atoms with van der Waals surface area (Å²) in [5.41, 5.74) is 1.06. The van der Waals surface area contributed by atoms with Crippen LogP contribution >= 0.6 is 0 Å². The van der Waals surface area contributed by atoms with Gasteiger partial charge in [0.15, 0.2) is 11.7 Å². The van der Waals surface area contributed by atoms with E-state index in [0.717, 1.165) is 11.8 Å². The minimum atomic E-state index is -1.46. The third kappa shape index (κ3) is 2.12. The van der Waals surface area contributed by atoms with Gasteiger partial charge < -0.3 is 0 Å². The van der Waals surface area contributed by atoms with E-state index in [-0.39, 0.29) is 0 Å². The molecule has 0 saturated carbocycles. The highest BCUT2D eigenvalue weighted by Gasteiger charge is 2.44. The summed E-state index contributed by atoms with van der Waals surface area (Å²) in [4.78, 5) is 47.7. The average Bonchev–Trinajstić information content (AvgIpc) is 2.30.